The van der Waals surface area contributed by atoms with Crippen molar-refractivity contribution in [2.75, 3.05) is 17.3 Å². The van der Waals surface area contributed by atoms with Gasteiger partial charge in [0.2, 0.25) is 0 Å². The third-order valence-electron chi connectivity index (χ3n) is 6.55. The lowest BCUT2D eigenvalue weighted by molar-refractivity contribution is -0.189. The van der Waals surface area contributed by atoms with Gasteiger partial charge in [0.05, 0.1) is 39.9 Å². The second-order valence-corrected chi connectivity index (χ2v) is 10.7. The number of carbonyl (C=O) groups excluding carboxylic acids is 2. The Morgan fingerprint density at radius 1 is 1.30 bits per heavy atom. The first-order chi connectivity index (χ1) is 20.6. The van der Waals surface area contributed by atoms with Gasteiger partial charge in [-0.05, 0) is 26.8 Å². The number of benzene rings is 1. The molecule has 4 N–H and O–H groups in total. The Balaban J connectivity index is 1.80. The highest BCUT2D eigenvalue weighted by atomic mass is 19.3. The molecule has 0 saturated carbocycles. The van der Waals surface area contributed by atoms with Crippen molar-refractivity contribution in [3.63, 3.8) is 0 Å². The molecule has 5 rings (SSSR count). The molecule has 3 aromatic heterocycles. The molecule has 1 aromatic carbocycles. The minimum absolute atomic E-state index is 0.0219. The Kier molecular flexibility index (Phi) is 7.05. The van der Waals surface area contributed by atoms with Crippen LogP contribution < -0.4 is 26.2 Å². The van der Waals surface area contributed by atoms with Crippen LogP contribution in [-0.2, 0) is 23.1 Å². The topological polar surface area (TPSA) is 194 Å². The van der Waals surface area contributed by atoms with Crippen LogP contribution in [0.2, 0.25) is 0 Å². The van der Waals surface area contributed by atoms with Gasteiger partial charge in [0.1, 0.15) is 23.1 Å². The van der Waals surface area contributed by atoms with Gasteiger partial charge in [0, 0.05) is 37.7 Å². The lowest BCUT2D eigenvalue weighted by Crippen LogP contribution is -2.43. The summed E-state index contributed by atoms with van der Waals surface area (Å²) >= 11 is 0. The summed E-state index contributed by atoms with van der Waals surface area (Å²) < 4.78 is 55.3. The number of fused-ring (bicyclic) bond motifs is 2. The number of carbonyl (C=O) groups is 2. The third-order valence-corrected chi connectivity index (χ3v) is 6.55. The molecule has 0 aliphatic carbocycles. The van der Waals surface area contributed by atoms with Gasteiger partial charge in [-0.25, -0.2) is 19.3 Å². The molecule has 1 aliphatic rings. The van der Waals surface area contributed by atoms with Crippen LogP contribution in [0, 0.1) is 17.1 Å². The maximum Gasteiger partial charge on any atom is 0.482 e. The smallest absolute Gasteiger partial charge is 0.443 e. The van der Waals surface area contributed by atoms with E-state index in [-0.39, 0.29) is 45.8 Å². The van der Waals surface area contributed by atoms with Crippen LogP contribution in [0.5, 0.6) is 5.75 Å². The van der Waals surface area contributed by atoms with E-state index < -0.39 is 57.7 Å². The average Bonchev–Trinajstić information content (AvgIpc) is 3.32. The Morgan fingerprint density at radius 2 is 2.00 bits per heavy atom. The Bertz CT molecular complexity index is 1970. The number of ether oxygens (including phenoxy) is 2. The normalized spacial score (nSPS) is 14.0. The number of anilines is 2. The monoisotopic (exact) mass is 611 g/mol. The first-order valence-electron chi connectivity index (χ1n) is 12.8. The molecule has 44 heavy (non-hydrogen) atoms. The number of pyridine rings is 1. The summed E-state index contributed by atoms with van der Waals surface area (Å²) in [5.41, 5.74) is 2.89. The summed E-state index contributed by atoms with van der Waals surface area (Å²) in [5, 5.41) is 22.4. The number of nitrogens with two attached hydrogens (primary N) is 1. The molecule has 0 bridgehead atoms. The lowest BCUT2D eigenvalue weighted by atomic mass is 9.97. The van der Waals surface area contributed by atoms with Gasteiger partial charge in [-0.2, -0.15) is 24.2 Å². The van der Waals surface area contributed by atoms with E-state index in [0.29, 0.717) is 0 Å². The van der Waals surface area contributed by atoms with Crippen LogP contribution in [0.1, 0.15) is 32.0 Å². The molecule has 17 heteroatoms. The van der Waals surface area contributed by atoms with Crippen molar-refractivity contribution in [1.29, 1.82) is 5.26 Å². The maximum absolute atomic E-state index is 15.7. The zero-order valence-corrected chi connectivity index (χ0v) is 23.9. The number of nitrogens with zero attached hydrogens (tertiary/aromatic N) is 6. The van der Waals surface area contributed by atoms with Crippen LogP contribution in [0.4, 0.5) is 29.5 Å². The minimum Gasteiger partial charge on any atom is -0.443 e. The van der Waals surface area contributed by atoms with Crippen LogP contribution >= 0.6 is 0 Å². The van der Waals surface area contributed by atoms with E-state index in [1.807, 2.05) is 5.32 Å². The van der Waals surface area contributed by atoms with Crippen molar-refractivity contribution in [1.82, 2.24) is 25.0 Å². The Labute approximate surface area is 246 Å². The molecule has 0 fully saturated rings. The standard InChI is InChI=1S/C27H24F3N9O5/c1-26(2,3)44-25(42)38(4)22-19-11(17(9-32)36-37-23(19)40)6-15(34-22)13-10-33-39(5)20(13)18-12(8-31)21-16(7-14(18)28)35-24(41)27(29,30)43-21/h6-7,10H,9,32H2,1-5H3,(H,35,41)(H,37,40). The van der Waals surface area contributed by atoms with Crippen molar-refractivity contribution in [3.8, 4) is 34.3 Å². The number of nitrogens with one attached hydrogen (secondary N) is 2. The van der Waals surface area contributed by atoms with Gasteiger partial charge in [0.15, 0.2) is 11.6 Å². The Hall–Kier alpha value is -5.50. The first kappa shape index (κ1) is 30.0. The van der Waals surface area contributed by atoms with Crippen molar-refractivity contribution in [2.45, 2.75) is 39.0 Å². The van der Waals surface area contributed by atoms with Gasteiger partial charge >= 0.3 is 18.1 Å². The fraction of sp³-hybridized carbons (Fsp3) is 0.296. The summed E-state index contributed by atoms with van der Waals surface area (Å²) in [4.78, 5) is 43.3. The van der Waals surface area contributed by atoms with Gasteiger partial charge in [-0.3, -0.25) is 19.2 Å². The summed E-state index contributed by atoms with van der Waals surface area (Å²) in [5.74, 6) is -3.83. The molecular weight excluding hydrogens is 587 g/mol. The highest BCUT2D eigenvalue weighted by Gasteiger charge is 2.48. The van der Waals surface area contributed by atoms with Crippen LogP contribution in [0.15, 0.2) is 23.1 Å². The van der Waals surface area contributed by atoms with Crippen LogP contribution in [-0.4, -0.2) is 55.7 Å². The summed E-state index contributed by atoms with van der Waals surface area (Å²) in [7, 11) is 2.73. The molecule has 0 atom stereocenters. The highest BCUT2D eigenvalue weighted by Crippen LogP contribution is 2.45. The zero-order valence-electron chi connectivity index (χ0n) is 23.9. The summed E-state index contributed by atoms with van der Waals surface area (Å²) in [6.45, 7) is 4.81. The van der Waals surface area contributed by atoms with E-state index in [1.165, 1.54) is 31.0 Å². The second-order valence-electron chi connectivity index (χ2n) is 10.7. The number of hydrogen-bond donors (Lipinski definition) is 3. The van der Waals surface area contributed by atoms with Gasteiger partial charge in [-0.1, -0.05) is 0 Å². The number of alkyl halides is 2. The fourth-order valence-electron chi connectivity index (χ4n) is 4.63. The molecular formula is C27H24F3N9O5. The summed E-state index contributed by atoms with van der Waals surface area (Å²) in [6.07, 6.45) is -3.92. The molecule has 14 nitrogen and oxygen atoms in total. The molecule has 2 amide bonds. The molecule has 4 heterocycles. The molecule has 0 unspecified atom stereocenters. The van der Waals surface area contributed by atoms with Crippen molar-refractivity contribution >= 4 is 34.3 Å². The Morgan fingerprint density at radius 3 is 2.64 bits per heavy atom. The molecule has 0 saturated heterocycles. The number of halogens is 3. The van der Waals surface area contributed by atoms with E-state index in [0.717, 1.165) is 11.0 Å². The minimum atomic E-state index is -4.33. The quantitative estimate of drug-likeness (QED) is 0.309. The molecule has 1 aliphatic heterocycles. The average molecular weight is 612 g/mol. The van der Waals surface area contributed by atoms with Gasteiger partial charge in [-0.15, -0.1) is 0 Å². The number of nitriles is 1. The van der Waals surface area contributed by atoms with Crippen LogP contribution in [0.25, 0.3) is 33.3 Å². The first-order valence-corrected chi connectivity index (χ1v) is 12.8. The largest absolute Gasteiger partial charge is 0.482 e. The van der Waals surface area contributed by atoms with Crippen LogP contribution in [0.3, 0.4) is 0 Å². The van der Waals surface area contributed by atoms with Gasteiger partial charge < -0.3 is 20.5 Å². The number of aromatic amines is 1. The number of hydrogen-bond acceptors (Lipinski definition) is 10. The summed E-state index contributed by atoms with van der Waals surface area (Å²) in [6, 6.07) is 3.83. The molecule has 0 radical (unpaired) electrons. The lowest BCUT2D eigenvalue weighted by Gasteiger charge is -2.26. The maximum atomic E-state index is 15.7. The number of aromatic nitrogens is 5. The number of H-pyrrole nitrogens is 1. The third kappa shape index (κ3) is 4.94. The van der Waals surface area contributed by atoms with Crippen molar-refractivity contribution in [3.05, 3.63) is 45.8 Å². The van der Waals surface area contributed by atoms with E-state index in [1.54, 1.807) is 26.8 Å². The zero-order chi connectivity index (χ0) is 32.3. The molecule has 0 spiro atoms. The number of amides is 2. The van der Waals surface area contributed by atoms with E-state index >= 15 is 4.39 Å². The number of rotatable bonds is 4. The second kappa shape index (κ2) is 10.3. The van der Waals surface area contributed by atoms with E-state index in [4.69, 9.17) is 10.5 Å². The van der Waals surface area contributed by atoms with Crippen molar-refractivity contribution in [2.24, 2.45) is 12.8 Å². The predicted octanol–water partition coefficient (Wildman–Crippen LogP) is 3.15. The van der Waals surface area contributed by atoms with Crippen molar-refractivity contribution < 1.29 is 32.2 Å². The van der Waals surface area contributed by atoms with Gasteiger partial charge in [0.25, 0.3) is 5.56 Å². The predicted molar refractivity (Wildman–Crippen MR) is 149 cm³/mol. The SMILES string of the molecule is CN(C(=O)OC(C)(C)C)c1nc(-c2cnn(C)c2-c2c(F)cc3c(c2C#N)OC(F)(F)C(=O)N3)cc2c(CN)n[nH]c(=O)c12. The van der Waals surface area contributed by atoms with E-state index in [2.05, 4.69) is 25.0 Å². The molecule has 4 aromatic rings. The molecule has 228 valence electrons. The number of aryl methyl sites for hydroxylation is 1. The fourth-order valence-corrected chi connectivity index (χ4v) is 4.63. The van der Waals surface area contributed by atoms with E-state index in [9.17, 15) is 28.4 Å². The highest BCUT2D eigenvalue weighted by molar-refractivity contribution is 6.03.